The molecule has 1 aromatic heterocycles. The molecular weight excluding hydrogens is 250 g/mol. The minimum atomic E-state index is 0.470. The first-order chi connectivity index (χ1) is 9.40. The molecule has 0 radical (unpaired) electrons. The van der Waals surface area contributed by atoms with E-state index in [1.807, 2.05) is 0 Å². The van der Waals surface area contributed by atoms with Crippen LogP contribution >= 0.6 is 11.3 Å². The Labute approximate surface area is 119 Å². The number of hydrogen-bond acceptors (Lipinski definition) is 2. The van der Waals surface area contributed by atoms with Crippen LogP contribution in [0.4, 0.5) is 0 Å². The van der Waals surface area contributed by atoms with E-state index in [-0.39, 0.29) is 0 Å². The molecule has 19 heavy (non-hydrogen) atoms. The third-order valence-electron chi connectivity index (χ3n) is 4.14. The van der Waals surface area contributed by atoms with Crippen molar-refractivity contribution >= 4 is 11.3 Å². The number of rotatable bonds is 4. The Morgan fingerprint density at radius 3 is 3.00 bits per heavy atom. The minimum Gasteiger partial charge on any atom is -0.310 e. The second-order valence-corrected chi connectivity index (χ2v) is 6.07. The van der Waals surface area contributed by atoms with Crippen LogP contribution in [0.3, 0.4) is 0 Å². The maximum absolute atomic E-state index is 3.70. The predicted molar refractivity (Wildman–Crippen MR) is 82.9 cm³/mol. The Morgan fingerprint density at radius 2 is 2.21 bits per heavy atom. The van der Waals surface area contributed by atoms with Crippen molar-refractivity contribution in [2.45, 2.75) is 38.1 Å². The summed E-state index contributed by atoms with van der Waals surface area (Å²) in [5, 5.41) is 8.19. The lowest BCUT2D eigenvalue weighted by Gasteiger charge is -2.32. The van der Waals surface area contributed by atoms with Crippen molar-refractivity contribution in [1.29, 1.82) is 0 Å². The first-order valence-corrected chi connectivity index (χ1v) is 8.17. The Bertz CT molecular complexity index is 518. The Balaban J connectivity index is 1.96. The van der Waals surface area contributed by atoms with E-state index in [0.29, 0.717) is 12.0 Å². The van der Waals surface area contributed by atoms with Gasteiger partial charge in [0.15, 0.2) is 0 Å². The predicted octanol–water partition coefficient (Wildman–Crippen LogP) is 4.52. The maximum atomic E-state index is 3.70. The molecule has 0 amide bonds. The number of hydrogen-bond donors (Lipinski definition) is 1. The quantitative estimate of drug-likeness (QED) is 0.862. The average Bonchev–Trinajstić information content (AvgIpc) is 2.98. The van der Waals surface area contributed by atoms with Crippen LogP contribution in [0.5, 0.6) is 0 Å². The van der Waals surface area contributed by atoms with Gasteiger partial charge in [0, 0.05) is 12.0 Å². The summed E-state index contributed by atoms with van der Waals surface area (Å²) in [6.45, 7) is 3.23. The van der Waals surface area contributed by atoms with Gasteiger partial charge >= 0.3 is 0 Å². The molecule has 1 nitrogen and oxygen atoms in total. The zero-order chi connectivity index (χ0) is 13.1. The van der Waals surface area contributed by atoms with E-state index < -0.39 is 0 Å². The fourth-order valence-electron chi connectivity index (χ4n) is 3.30. The van der Waals surface area contributed by atoms with Gasteiger partial charge in [-0.25, -0.2) is 0 Å². The Morgan fingerprint density at radius 1 is 1.32 bits per heavy atom. The highest BCUT2D eigenvalue weighted by molar-refractivity contribution is 7.07. The zero-order valence-corrected chi connectivity index (χ0v) is 12.2. The van der Waals surface area contributed by atoms with E-state index in [1.165, 1.54) is 24.8 Å². The molecule has 1 aliphatic carbocycles. The van der Waals surface area contributed by atoms with E-state index in [2.05, 4.69) is 53.3 Å². The second-order valence-electron chi connectivity index (χ2n) is 5.29. The van der Waals surface area contributed by atoms with Crippen molar-refractivity contribution < 1.29 is 0 Å². The molecule has 1 heterocycles. The van der Waals surface area contributed by atoms with Crippen LogP contribution in [0, 0.1) is 0 Å². The van der Waals surface area contributed by atoms with Gasteiger partial charge in [0.1, 0.15) is 0 Å². The van der Waals surface area contributed by atoms with Gasteiger partial charge in [0.2, 0.25) is 0 Å². The standard InChI is InChI=1S/C17H21NS/c1-2-18-17(14-10-11-19-12-14)16-9-5-7-13-6-3-4-8-15(13)16/h3-4,6,8,10-12,16-18H,2,5,7,9H2,1H3. The summed E-state index contributed by atoms with van der Waals surface area (Å²) in [6.07, 6.45) is 3.85. The molecular formula is C17H21NS. The average molecular weight is 271 g/mol. The third-order valence-corrected chi connectivity index (χ3v) is 4.85. The van der Waals surface area contributed by atoms with Crippen LogP contribution in [0.1, 0.15) is 48.4 Å². The van der Waals surface area contributed by atoms with Crippen molar-refractivity contribution in [2.24, 2.45) is 0 Å². The fourth-order valence-corrected chi connectivity index (χ4v) is 4.00. The second kappa shape index (κ2) is 5.89. The van der Waals surface area contributed by atoms with Gasteiger partial charge in [-0.3, -0.25) is 0 Å². The van der Waals surface area contributed by atoms with Crippen molar-refractivity contribution in [3.8, 4) is 0 Å². The summed E-state index contributed by atoms with van der Waals surface area (Å²) in [4.78, 5) is 0. The maximum Gasteiger partial charge on any atom is 0.0397 e. The molecule has 3 rings (SSSR count). The van der Waals surface area contributed by atoms with Crippen molar-refractivity contribution in [2.75, 3.05) is 6.54 Å². The molecule has 1 aromatic carbocycles. The first-order valence-electron chi connectivity index (χ1n) is 7.23. The number of likely N-dealkylation sites (N-methyl/N-ethyl adjacent to an activating group) is 1. The Hall–Kier alpha value is -1.12. The van der Waals surface area contributed by atoms with Gasteiger partial charge < -0.3 is 5.32 Å². The largest absolute Gasteiger partial charge is 0.310 e. The molecule has 2 heteroatoms. The van der Waals surface area contributed by atoms with Crippen LogP contribution in [-0.4, -0.2) is 6.54 Å². The fraction of sp³-hybridized carbons (Fsp3) is 0.412. The summed E-state index contributed by atoms with van der Waals surface area (Å²) in [5.74, 6) is 0.625. The normalized spacial score (nSPS) is 19.9. The Kier molecular flexibility index (Phi) is 4.00. The lowest BCUT2D eigenvalue weighted by molar-refractivity contribution is 0.409. The van der Waals surface area contributed by atoms with E-state index in [0.717, 1.165) is 6.54 Å². The van der Waals surface area contributed by atoms with Gasteiger partial charge in [-0.05, 0) is 59.3 Å². The third kappa shape index (κ3) is 2.60. The topological polar surface area (TPSA) is 12.0 Å². The monoisotopic (exact) mass is 271 g/mol. The molecule has 2 atom stereocenters. The smallest absolute Gasteiger partial charge is 0.0397 e. The number of aryl methyl sites for hydroxylation is 1. The highest BCUT2D eigenvalue weighted by Gasteiger charge is 2.28. The molecule has 0 spiro atoms. The summed E-state index contributed by atoms with van der Waals surface area (Å²) < 4.78 is 0. The van der Waals surface area contributed by atoms with Gasteiger partial charge in [-0.15, -0.1) is 0 Å². The highest BCUT2D eigenvalue weighted by Crippen LogP contribution is 2.40. The van der Waals surface area contributed by atoms with E-state index in [9.17, 15) is 0 Å². The molecule has 0 saturated heterocycles. The van der Waals surface area contributed by atoms with Gasteiger partial charge in [0.25, 0.3) is 0 Å². The summed E-state index contributed by atoms with van der Waals surface area (Å²) in [6, 6.07) is 11.7. The number of nitrogens with one attached hydrogen (secondary N) is 1. The number of thiophene rings is 1. The van der Waals surface area contributed by atoms with E-state index >= 15 is 0 Å². The molecule has 0 bridgehead atoms. The van der Waals surface area contributed by atoms with Gasteiger partial charge in [0.05, 0.1) is 0 Å². The van der Waals surface area contributed by atoms with E-state index in [1.54, 1.807) is 22.5 Å². The van der Waals surface area contributed by atoms with Gasteiger partial charge in [-0.1, -0.05) is 31.2 Å². The summed E-state index contributed by atoms with van der Waals surface area (Å²) >= 11 is 1.80. The number of benzene rings is 1. The zero-order valence-electron chi connectivity index (χ0n) is 11.4. The minimum absolute atomic E-state index is 0.470. The lowest BCUT2D eigenvalue weighted by Crippen LogP contribution is -2.28. The molecule has 1 N–H and O–H groups in total. The van der Waals surface area contributed by atoms with Crippen molar-refractivity contribution in [3.05, 3.63) is 57.8 Å². The molecule has 1 aliphatic rings. The highest BCUT2D eigenvalue weighted by atomic mass is 32.1. The van der Waals surface area contributed by atoms with E-state index in [4.69, 9.17) is 0 Å². The summed E-state index contributed by atoms with van der Waals surface area (Å²) in [7, 11) is 0. The van der Waals surface area contributed by atoms with Crippen LogP contribution in [-0.2, 0) is 6.42 Å². The van der Waals surface area contributed by atoms with Crippen LogP contribution in [0.15, 0.2) is 41.1 Å². The molecule has 0 aliphatic heterocycles. The van der Waals surface area contributed by atoms with Crippen molar-refractivity contribution in [1.82, 2.24) is 5.32 Å². The molecule has 0 saturated carbocycles. The number of fused-ring (bicyclic) bond motifs is 1. The van der Waals surface area contributed by atoms with Crippen molar-refractivity contribution in [3.63, 3.8) is 0 Å². The molecule has 2 aromatic rings. The SMILES string of the molecule is CCNC(c1ccsc1)C1CCCc2ccccc21. The molecule has 0 fully saturated rings. The van der Waals surface area contributed by atoms with Crippen LogP contribution in [0.2, 0.25) is 0 Å². The van der Waals surface area contributed by atoms with Crippen LogP contribution in [0.25, 0.3) is 0 Å². The molecule has 100 valence electrons. The molecule has 2 unspecified atom stereocenters. The summed E-state index contributed by atoms with van der Waals surface area (Å²) in [5.41, 5.74) is 4.57. The van der Waals surface area contributed by atoms with Crippen LogP contribution < -0.4 is 5.32 Å². The lowest BCUT2D eigenvalue weighted by atomic mass is 9.77. The first kappa shape index (κ1) is 12.9. The van der Waals surface area contributed by atoms with Gasteiger partial charge in [-0.2, -0.15) is 11.3 Å².